The Hall–Kier alpha value is -3.76. The molecule has 42 heavy (non-hydrogen) atoms. The average molecular weight is 591 g/mol. The molecule has 2 amide bonds. The lowest BCUT2D eigenvalue weighted by Gasteiger charge is -2.31. The second-order valence-electron chi connectivity index (χ2n) is 12.0. The van der Waals surface area contributed by atoms with Crippen molar-refractivity contribution >= 4 is 23.7 Å². The molecule has 0 spiro atoms. The summed E-state index contributed by atoms with van der Waals surface area (Å²) < 4.78 is 52.7. The number of carbonyl (C=O) groups excluding carboxylic acids is 2. The van der Waals surface area contributed by atoms with E-state index in [0.717, 1.165) is 35.3 Å². The van der Waals surface area contributed by atoms with Gasteiger partial charge in [-0.3, -0.25) is 14.5 Å². The van der Waals surface area contributed by atoms with E-state index in [-0.39, 0.29) is 19.1 Å². The Kier molecular flexibility index (Phi) is 8.80. The van der Waals surface area contributed by atoms with E-state index in [2.05, 4.69) is 0 Å². The molecule has 0 aromatic heterocycles. The topological polar surface area (TPSA) is 96.4 Å². The van der Waals surface area contributed by atoms with E-state index in [1.807, 2.05) is 6.92 Å². The third-order valence-electron chi connectivity index (χ3n) is 7.83. The first-order chi connectivity index (χ1) is 19.6. The molecular weight excluding hydrogens is 553 g/mol. The largest absolute Gasteiger partial charge is 0.489 e. The highest BCUT2D eigenvalue weighted by Crippen LogP contribution is 2.43. The van der Waals surface area contributed by atoms with Crippen LogP contribution in [0.1, 0.15) is 80.2 Å². The highest BCUT2D eigenvalue weighted by Gasteiger charge is 2.39. The summed E-state index contributed by atoms with van der Waals surface area (Å²) >= 11 is 0. The number of carboxylic acids is 1. The van der Waals surface area contributed by atoms with Gasteiger partial charge in [-0.05, 0) is 93.3 Å². The van der Waals surface area contributed by atoms with Crippen molar-refractivity contribution in [3.63, 3.8) is 0 Å². The van der Waals surface area contributed by atoms with Gasteiger partial charge in [0.2, 0.25) is 0 Å². The lowest BCUT2D eigenvalue weighted by Crippen LogP contribution is -2.51. The quantitative estimate of drug-likeness (QED) is 0.379. The standard InChI is InChI=1S/C31H37F3N2O6/c1-18-21-13-14-36(28(39)25(16-27(37)38)35(5)29(40)42-30(2,3)4)24(21)11-12-26(18)41-17-19-9-10-22(20-7-6-8-20)23(15-19)31(32,33)34/h9-12,15,20,25H,6-8,13-14,16-17H2,1-5H3,(H,37,38)/t25-/m1/s1. The lowest BCUT2D eigenvalue weighted by atomic mass is 9.78. The fraction of sp³-hybridized carbons (Fsp3) is 0.516. The summed E-state index contributed by atoms with van der Waals surface area (Å²) in [5.74, 6) is -1.37. The minimum atomic E-state index is -4.45. The van der Waals surface area contributed by atoms with Crippen LogP contribution >= 0.6 is 0 Å². The number of halogens is 3. The molecule has 0 saturated heterocycles. The fourth-order valence-electron chi connectivity index (χ4n) is 5.39. The number of amides is 2. The van der Waals surface area contributed by atoms with Crippen molar-refractivity contribution in [1.82, 2.24) is 4.90 Å². The SMILES string of the molecule is Cc1c(OCc2ccc(C3CCC3)c(C(F)(F)F)c2)ccc2c1CCN2C(=O)[C@@H](CC(=O)O)N(C)C(=O)OC(C)(C)C. The average Bonchev–Trinajstić information content (AvgIpc) is 3.29. The lowest BCUT2D eigenvalue weighted by molar-refractivity contribution is -0.141. The number of carbonyl (C=O) groups is 3. The predicted molar refractivity (Wildman–Crippen MR) is 150 cm³/mol. The highest BCUT2D eigenvalue weighted by molar-refractivity contribution is 6.02. The summed E-state index contributed by atoms with van der Waals surface area (Å²) in [4.78, 5) is 40.3. The smallest absolute Gasteiger partial charge is 0.416 e. The predicted octanol–water partition coefficient (Wildman–Crippen LogP) is 6.46. The normalized spacial score (nSPS) is 16.0. The van der Waals surface area contributed by atoms with Gasteiger partial charge in [0.1, 0.15) is 24.0 Å². The van der Waals surface area contributed by atoms with Crippen molar-refractivity contribution in [3.8, 4) is 5.75 Å². The molecule has 1 N–H and O–H groups in total. The first kappa shape index (κ1) is 31.2. The Morgan fingerprint density at radius 2 is 1.81 bits per heavy atom. The Balaban J connectivity index is 1.52. The van der Waals surface area contributed by atoms with E-state index in [1.54, 1.807) is 45.0 Å². The van der Waals surface area contributed by atoms with Crippen LogP contribution in [0.5, 0.6) is 5.75 Å². The van der Waals surface area contributed by atoms with Crippen molar-refractivity contribution < 1.29 is 42.1 Å². The second-order valence-corrected chi connectivity index (χ2v) is 12.0. The molecule has 1 saturated carbocycles. The molecule has 1 fully saturated rings. The minimum absolute atomic E-state index is 0.0553. The van der Waals surface area contributed by atoms with Crippen molar-refractivity contribution in [2.24, 2.45) is 0 Å². The van der Waals surface area contributed by atoms with Crippen LogP contribution in [0.2, 0.25) is 0 Å². The maximum atomic E-state index is 13.8. The van der Waals surface area contributed by atoms with Gasteiger partial charge in [0.15, 0.2) is 0 Å². The fourth-order valence-corrected chi connectivity index (χ4v) is 5.39. The summed E-state index contributed by atoms with van der Waals surface area (Å²) in [5, 5.41) is 9.46. The zero-order valence-electron chi connectivity index (χ0n) is 24.5. The highest BCUT2D eigenvalue weighted by atomic mass is 19.4. The van der Waals surface area contributed by atoms with E-state index in [0.29, 0.717) is 29.0 Å². The number of alkyl halides is 3. The number of hydrogen-bond acceptors (Lipinski definition) is 5. The van der Waals surface area contributed by atoms with Gasteiger partial charge in [-0.25, -0.2) is 4.79 Å². The molecule has 8 nitrogen and oxygen atoms in total. The first-order valence-electron chi connectivity index (χ1n) is 14.0. The Morgan fingerprint density at radius 3 is 2.38 bits per heavy atom. The molecule has 11 heteroatoms. The molecule has 228 valence electrons. The maximum Gasteiger partial charge on any atom is 0.416 e. The Labute approximate surface area is 243 Å². The van der Waals surface area contributed by atoms with Gasteiger partial charge in [-0.2, -0.15) is 13.2 Å². The van der Waals surface area contributed by atoms with Gasteiger partial charge in [0.25, 0.3) is 5.91 Å². The van der Waals surface area contributed by atoms with Crippen LogP contribution in [0.4, 0.5) is 23.7 Å². The first-order valence-corrected chi connectivity index (χ1v) is 14.0. The van der Waals surface area contributed by atoms with Crippen LogP contribution in [0, 0.1) is 6.92 Å². The van der Waals surface area contributed by atoms with Crippen LogP contribution in [0.25, 0.3) is 0 Å². The molecule has 0 bridgehead atoms. The van der Waals surface area contributed by atoms with Gasteiger partial charge in [-0.1, -0.05) is 18.6 Å². The van der Waals surface area contributed by atoms with Crippen LogP contribution < -0.4 is 9.64 Å². The number of benzene rings is 2. The molecule has 4 rings (SSSR count). The van der Waals surface area contributed by atoms with Crippen LogP contribution in [-0.4, -0.2) is 53.2 Å². The van der Waals surface area contributed by atoms with E-state index >= 15 is 0 Å². The van der Waals surface area contributed by atoms with Crippen molar-refractivity contribution in [3.05, 3.63) is 58.1 Å². The van der Waals surface area contributed by atoms with Crippen LogP contribution in [0.3, 0.4) is 0 Å². The number of carboxylic acid groups (broad SMARTS) is 1. The van der Waals surface area contributed by atoms with Crippen molar-refractivity contribution in [2.75, 3.05) is 18.5 Å². The summed E-state index contributed by atoms with van der Waals surface area (Å²) in [5.41, 5.74) is 1.43. The number of likely N-dealkylation sites (N-methyl/N-ethyl adjacent to an activating group) is 1. The Bertz CT molecular complexity index is 1360. The summed E-state index contributed by atoms with van der Waals surface area (Å²) in [6, 6.07) is 6.44. The number of anilines is 1. The van der Waals surface area contributed by atoms with E-state index in [9.17, 15) is 32.7 Å². The van der Waals surface area contributed by atoms with Gasteiger partial charge >= 0.3 is 18.2 Å². The number of nitrogens with zero attached hydrogens (tertiary/aromatic N) is 2. The van der Waals surface area contributed by atoms with Gasteiger partial charge < -0.3 is 19.5 Å². The number of rotatable bonds is 8. The van der Waals surface area contributed by atoms with E-state index in [4.69, 9.17) is 9.47 Å². The third kappa shape index (κ3) is 6.82. The molecule has 1 aliphatic carbocycles. The summed E-state index contributed by atoms with van der Waals surface area (Å²) in [6.07, 6.45) is -2.92. The van der Waals surface area contributed by atoms with Crippen molar-refractivity contribution in [2.45, 2.75) is 90.1 Å². The van der Waals surface area contributed by atoms with Crippen LogP contribution in [-0.2, 0) is 33.5 Å². The Morgan fingerprint density at radius 1 is 1.12 bits per heavy atom. The van der Waals surface area contributed by atoms with E-state index in [1.165, 1.54) is 18.0 Å². The van der Waals surface area contributed by atoms with Gasteiger partial charge in [0.05, 0.1) is 12.0 Å². The third-order valence-corrected chi connectivity index (χ3v) is 7.83. The number of hydrogen-bond donors (Lipinski definition) is 1. The molecule has 1 heterocycles. The van der Waals surface area contributed by atoms with Gasteiger partial charge in [0, 0.05) is 19.3 Å². The monoisotopic (exact) mass is 590 g/mol. The molecule has 0 unspecified atom stereocenters. The molecule has 2 aliphatic rings. The molecule has 0 radical (unpaired) electrons. The van der Waals surface area contributed by atoms with Crippen molar-refractivity contribution in [1.29, 1.82) is 0 Å². The molecule has 1 atom stereocenters. The van der Waals surface area contributed by atoms with Crippen LogP contribution in [0.15, 0.2) is 30.3 Å². The molecular formula is C31H37F3N2O6. The second kappa shape index (κ2) is 11.9. The molecule has 2 aromatic carbocycles. The maximum absolute atomic E-state index is 13.8. The zero-order valence-corrected chi connectivity index (χ0v) is 24.5. The summed E-state index contributed by atoms with van der Waals surface area (Å²) in [6.45, 7) is 7.04. The number of fused-ring (bicyclic) bond motifs is 1. The molecule has 2 aromatic rings. The summed E-state index contributed by atoms with van der Waals surface area (Å²) in [7, 11) is 1.34. The molecule has 1 aliphatic heterocycles. The number of aliphatic carboxylic acids is 1. The minimum Gasteiger partial charge on any atom is -0.489 e. The van der Waals surface area contributed by atoms with E-state index < -0.39 is 47.8 Å². The van der Waals surface area contributed by atoms with Gasteiger partial charge in [-0.15, -0.1) is 0 Å². The number of ether oxygens (including phenoxy) is 2. The zero-order chi connectivity index (χ0) is 31.0.